The zero-order valence-electron chi connectivity index (χ0n) is 9.22. The van der Waals surface area contributed by atoms with E-state index in [1.165, 1.54) is 12.8 Å². The van der Waals surface area contributed by atoms with Gasteiger partial charge < -0.3 is 5.11 Å². The van der Waals surface area contributed by atoms with Gasteiger partial charge in [-0.3, -0.25) is 0 Å². The Bertz CT molecular complexity index is 114. The van der Waals surface area contributed by atoms with Crippen molar-refractivity contribution in [1.29, 1.82) is 0 Å². The van der Waals surface area contributed by atoms with Crippen LogP contribution in [0.25, 0.3) is 0 Å². The number of hydrogen-bond donors (Lipinski definition) is 1. The molecule has 2 unspecified atom stereocenters. The molecule has 0 radical (unpaired) electrons. The molecule has 0 saturated carbocycles. The summed E-state index contributed by atoms with van der Waals surface area (Å²) in [4.78, 5) is 0. The minimum atomic E-state index is -0.155. The van der Waals surface area contributed by atoms with Crippen LogP contribution in [0.15, 0.2) is 0 Å². The third kappa shape index (κ3) is 3.14. The molecule has 0 rings (SSSR count). The predicted molar refractivity (Wildman–Crippen MR) is 54.2 cm³/mol. The van der Waals surface area contributed by atoms with Crippen molar-refractivity contribution in [3.05, 3.63) is 0 Å². The van der Waals surface area contributed by atoms with Crippen molar-refractivity contribution >= 4 is 0 Å². The first kappa shape index (κ1) is 12.0. The normalized spacial score (nSPS) is 17.5. The third-order valence-corrected chi connectivity index (χ3v) is 3.50. The molecule has 2 atom stereocenters. The summed E-state index contributed by atoms with van der Waals surface area (Å²) in [6.45, 7) is 10.9. The van der Waals surface area contributed by atoms with Gasteiger partial charge in [0.05, 0.1) is 6.10 Å². The molecule has 1 N–H and O–H groups in total. The molecule has 0 heterocycles. The van der Waals surface area contributed by atoms with Crippen molar-refractivity contribution in [2.75, 3.05) is 0 Å². The third-order valence-electron chi connectivity index (χ3n) is 3.50. The molecular formula is C11H24O. The van der Waals surface area contributed by atoms with Crippen LogP contribution in [-0.2, 0) is 0 Å². The van der Waals surface area contributed by atoms with Crippen molar-refractivity contribution in [3.63, 3.8) is 0 Å². The van der Waals surface area contributed by atoms with E-state index in [1.807, 2.05) is 6.92 Å². The maximum atomic E-state index is 9.28. The van der Waals surface area contributed by atoms with Gasteiger partial charge in [-0.05, 0) is 24.7 Å². The fraction of sp³-hybridized carbons (Fsp3) is 1.00. The van der Waals surface area contributed by atoms with Gasteiger partial charge >= 0.3 is 0 Å². The largest absolute Gasteiger partial charge is 0.393 e. The van der Waals surface area contributed by atoms with Crippen LogP contribution in [0.3, 0.4) is 0 Å². The Morgan fingerprint density at radius 1 is 1.17 bits per heavy atom. The van der Waals surface area contributed by atoms with Gasteiger partial charge in [0.1, 0.15) is 0 Å². The van der Waals surface area contributed by atoms with E-state index in [0.717, 1.165) is 6.42 Å². The minimum absolute atomic E-state index is 0.155. The van der Waals surface area contributed by atoms with E-state index >= 15 is 0 Å². The highest BCUT2D eigenvalue weighted by Gasteiger charge is 2.27. The first-order valence-electron chi connectivity index (χ1n) is 5.14. The molecule has 0 bridgehead atoms. The lowest BCUT2D eigenvalue weighted by molar-refractivity contribution is 0.0992. The highest BCUT2D eigenvalue weighted by Crippen LogP contribution is 2.36. The number of hydrogen-bond acceptors (Lipinski definition) is 1. The van der Waals surface area contributed by atoms with Crippen LogP contribution in [0.5, 0.6) is 0 Å². The highest BCUT2D eigenvalue weighted by molar-refractivity contribution is 4.78. The van der Waals surface area contributed by atoms with Gasteiger partial charge in [-0.1, -0.05) is 40.5 Å². The van der Waals surface area contributed by atoms with Crippen molar-refractivity contribution in [3.8, 4) is 0 Å². The van der Waals surface area contributed by atoms with Gasteiger partial charge in [-0.2, -0.15) is 0 Å². The molecule has 0 fully saturated rings. The van der Waals surface area contributed by atoms with Crippen molar-refractivity contribution in [1.82, 2.24) is 0 Å². The minimum Gasteiger partial charge on any atom is -0.393 e. The SMILES string of the molecule is CCC(C)(CC)C(C)CC(C)O. The Morgan fingerprint density at radius 3 is 1.83 bits per heavy atom. The molecule has 0 spiro atoms. The summed E-state index contributed by atoms with van der Waals surface area (Å²) in [6.07, 6.45) is 3.19. The summed E-state index contributed by atoms with van der Waals surface area (Å²) in [5, 5.41) is 9.28. The maximum Gasteiger partial charge on any atom is 0.0514 e. The van der Waals surface area contributed by atoms with Crippen LogP contribution in [-0.4, -0.2) is 11.2 Å². The van der Waals surface area contributed by atoms with E-state index in [1.54, 1.807) is 0 Å². The van der Waals surface area contributed by atoms with Crippen molar-refractivity contribution in [2.24, 2.45) is 11.3 Å². The van der Waals surface area contributed by atoms with Gasteiger partial charge in [-0.15, -0.1) is 0 Å². The standard InChI is InChI=1S/C11H24O/c1-6-11(5,7-2)9(3)8-10(4)12/h9-10,12H,6-8H2,1-5H3. The second kappa shape index (κ2) is 4.86. The second-order valence-corrected chi connectivity index (χ2v) is 4.35. The Labute approximate surface area is 77.2 Å². The Kier molecular flexibility index (Phi) is 4.84. The summed E-state index contributed by atoms with van der Waals surface area (Å²) < 4.78 is 0. The van der Waals surface area contributed by atoms with Gasteiger partial charge in [0.25, 0.3) is 0 Å². The van der Waals surface area contributed by atoms with Crippen LogP contribution >= 0.6 is 0 Å². The molecule has 0 saturated heterocycles. The quantitative estimate of drug-likeness (QED) is 0.675. The molecule has 12 heavy (non-hydrogen) atoms. The van der Waals surface area contributed by atoms with Crippen LogP contribution in [0, 0.1) is 11.3 Å². The van der Waals surface area contributed by atoms with Gasteiger partial charge in [-0.25, -0.2) is 0 Å². The molecule has 0 aliphatic heterocycles. The van der Waals surface area contributed by atoms with E-state index in [-0.39, 0.29) is 6.10 Å². The number of aliphatic hydroxyl groups excluding tert-OH is 1. The Morgan fingerprint density at radius 2 is 1.58 bits per heavy atom. The summed E-state index contributed by atoms with van der Waals surface area (Å²) in [5.74, 6) is 0.618. The molecule has 0 aliphatic carbocycles. The zero-order valence-corrected chi connectivity index (χ0v) is 9.22. The first-order chi connectivity index (χ1) is 5.46. The van der Waals surface area contributed by atoms with Crippen molar-refractivity contribution in [2.45, 2.75) is 60.0 Å². The lowest BCUT2D eigenvalue weighted by Gasteiger charge is -2.34. The van der Waals surface area contributed by atoms with Crippen LogP contribution < -0.4 is 0 Å². The van der Waals surface area contributed by atoms with E-state index in [0.29, 0.717) is 11.3 Å². The summed E-state index contributed by atoms with van der Waals surface area (Å²) >= 11 is 0. The van der Waals surface area contributed by atoms with Crippen LogP contribution in [0.2, 0.25) is 0 Å². The predicted octanol–water partition coefficient (Wildman–Crippen LogP) is 3.22. The number of rotatable bonds is 5. The van der Waals surface area contributed by atoms with E-state index in [4.69, 9.17) is 0 Å². The van der Waals surface area contributed by atoms with E-state index < -0.39 is 0 Å². The summed E-state index contributed by atoms with van der Waals surface area (Å²) in [7, 11) is 0. The molecule has 0 aromatic carbocycles. The molecule has 1 heteroatoms. The summed E-state index contributed by atoms with van der Waals surface area (Å²) in [5.41, 5.74) is 0.414. The molecule has 0 aromatic rings. The monoisotopic (exact) mass is 172 g/mol. The molecule has 0 aromatic heterocycles. The van der Waals surface area contributed by atoms with Gasteiger partial charge in [0.2, 0.25) is 0 Å². The van der Waals surface area contributed by atoms with Crippen LogP contribution in [0.4, 0.5) is 0 Å². The van der Waals surface area contributed by atoms with E-state index in [9.17, 15) is 5.11 Å². The fourth-order valence-electron chi connectivity index (χ4n) is 1.74. The molecule has 0 aliphatic rings. The molecule has 0 amide bonds. The first-order valence-corrected chi connectivity index (χ1v) is 5.14. The van der Waals surface area contributed by atoms with E-state index in [2.05, 4.69) is 27.7 Å². The smallest absolute Gasteiger partial charge is 0.0514 e. The Hall–Kier alpha value is -0.0400. The fourth-order valence-corrected chi connectivity index (χ4v) is 1.74. The van der Waals surface area contributed by atoms with Gasteiger partial charge in [0.15, 0.2) is 0 Å². The van der Waals surface area contributed by atoms with Gasteiger partial charge in [0, 0.05) is 0 Å². The van der Waals surface area contributed by atoms with Crippen molar-refractivity contribution < 1.29 is 5.11 Å². The highest BCUT2D eigenvalue weighted by atomic mass is 16.3. The zero-order chi connectivity index (χ0) is 9.78. The molecule has 74 valence electrons. The summed E-state index contributed by atoms with van der Waals surface area (Å²) in [6, 6.07) is 0. The average Bonchev–Trinajstić information content (AvgIpc) is 2.02. The lowest BCUT2D eigenvalue weighted by atomic mass is 9.72. The molecule has 1 nitrogen and oxygen atoms in total. The Balaban J connectivity index is 4.11. The second-order valence-electron chi connectivity index (χ2n) is 4.35. The maximum absolute atomic E-state index is 9.28. The topological polar surface area (TPSA) is 20.2 Å². The number of aliphatic hydroxyl groups is 1. The average molecular weight is 172 g/mol. The van der Waals surface area contributed by atoms with Crippen LogP contribution in [0.1, 0.15) is 53.9 Å². The lowest BCUT2D eigenvalue weighted by Crippen LogP contribution is -2.26. The molecular weight excluding hydrogens is 148 g/mol.